The predicted octanol–water partition coefficient (Wildman–Crippen LogP) is 5.83. The summed E-state index contributed by atoms with van der Waals surface area (Å²) in [6, 6.07) is 11.6. The van der Waals surface area contributed by atoms with Crippen molar-refractivity contribution in [1.82, 2.24) is 25.5 Å². The van der Waals surface area contributed by atoms with Crippen molar-refractivity contribution in [2.24, 2.45) is 0 Å². The van der Waals surface area contributed by atoms with Crippen LogP contribution in [0.25, 0.3) is 21.5 Å². The third-order valence-electron chi connectivity index (χ3n) is 7.15. The van der Waals surface area contributed by atoms with Crippen LogP contribution < -0.4 is 20.1 Å². The van der Waals surface area contributed by atoms with Gasteiger partial charge < -0.3 is 24.8 Å². The zero-order valence-electron chi connectivity index (χ0n) is 23.3. The normalized spacial score (nSPS) is 18.9. The molecule has 226 valence electrons. The number of thiophene rings is 1. The molecule has 2 N–H and O–H groups in total. The van der Waals surface area contributed by atoms with Crippen LogP contribution in [-0.2, 0) is 17.7 Å². The topological polar surface area (TPSA) is 103 Å². The van der Waals surface area contributed by atoms with Crippen LogP contribution in [0.2, 0.25) is 0 Å². The number of fused-ring (bicyclic) bond motifs is 1. The molecular weight excluding hydrogens is 593 g/mol. The highest BCUT2D eigenvalue weighted by Gasteiger charge is 2.32. The predicted molar refractivity (Wildman–Crippen MR) is 158 cm³/mol. The van der Waals surface area contributed by atoms with Crippen LogP contribution in [0.5, 0.6) is 11.6 Å². The zero-order valence-corrected chi connectivity index (χ0v) is 24.9. The molecular formula is C28H32ClF3N6O3S. The third-order valence-corrected chi connectivity index (χ3v) is 8.19. The van der Waals surface area contributed by atoms with Crippen molar-refractivity contribution in [3.63, 3.8) is 0 Å². The standard InChI is InChI=1S/C28H31F3N6O3S.ClH/c1-38-23-9-8-18(10-22(23)35-25-20-11-19(13-28(29,30)31)41-27(20)34-15-33-25)32-14-16-4-6-17(7-5-16)21-12-24(39-2)26(40-3)37-36-21;/h4-7,11-12,15,18,22-23,32H,8-10,13-14H2,1-3H3,(H,33,34,35);1H/t18-,22-,23-;/m0./s1. The van der Waals surface area contributed by atoms with Gasteiger partial charge in [-0.2, -0.15) is 13.2 Å². The monoisotopic (exact) mass is 624 g/mol. The van der Waals surface area contributed by atoms with Crippen LogP contribution in [-0.4, -0.2) is 65.9 Å². The molecule has 3 aromatic heterocycles. The first-order chi connectivity index (χ1) is 19.8. The van der Waals surface area contributed by atoms with Crippen molar-refractivity contribution in [1.29, 1.82) is 0 Å². The number of nitrogens with zero attached hydrogens (tertiary/aromatic N) is 4. The fourth-order valence-corrected chi connectivity index (χ4v) is 6.12. The first kappa shape index (κ1) is 31.7. The summed E-state index contributed by atoms with van der Waals surface area (Å²) in [5, 5.41) is 16.0. The van der Waals surface area contributed by atoms with E-state index < -0.39 is 12.6 Å². The Morgan fingerprint density at radius 2 is 1.79 bits per heavy atom. The Labute approximate surface area is 251 Å². The van der Waals surface area contributed by atoms with Crippen molar-refractivity contribution in [3.8, 4) is 22.9 Å². The van der Waals surface area contributed by atoms with Crippen LogP contribution in [0.1, 0.15) is 29.7 Å². The number of nitrogens with one attached hydrogen (secondary N) is 2. The van der Waals surface area contributed by atoms with E-state index in [0.29, 0.717) is 39.9 Å². The van der Waals surface area contributed by atoms with Crippen LogP contribution in [0.3, 0.4) is 0 Å². The molecule has 3 heterocycles. The van der Waals surface area contributed by atoms with Gasteiger partial charge in [0.25, 0.3) is 5.88 Å². The van der Waals surface area contributed by atoms with Crippen LogP contribution in [0.4, 0.5) is 19.0 Å². The van der Waals surface area contributed by atoms with Crippen molar-refractivity contribution >= 4 is 39.8 Å². The summed E-state index contributed by atoms with van der Waals surface area (Å²) in [5.74, 6) is 1.38. The average Bonchev–Trinajstić information content (AvgIpc) is 3.38. The molecule has 5 rings (SSSR count). The summed E-state index contributed by atoms with van der Waals surface area (Å²) in [6.07, 6.45) is -1.38. The first-order valence-corrected chi connectivity index (χ1v) is 14.0. The number of hydrogen-bond acceptors (Lipinski definition) is 10. The van der Waals surface area contributed by atoms with E-state index in [0.717, 1.165) is 41.7 Å². The number of rotatable bonds is 10. The minimum atomic E-state index is -4.27. The quantitative estimate of drug-likeness (QED) is 0.226. The van der Waals surface area contributed by atoms with Gasteiger partial charge in [-0.05, 0) is 30.9 Å². The van der Waals surface area contributed by atoms with Gasteiger partial charge in [0.2, 0.25) is 0 Å². The fourth-order valence-electron chi connectivity index (χ4n) is 5.09. The number of halogens is 4. The largest absolute Gasteiger partial charge is 0.491 e. The number of benzene rings is 1. The van der Waals surface area contributed by atoms with Crippen LogP contribution >= 0.6 is 23.7 Å². The number of aromatic nitrogens is 4. The fraction of sp³-hybridized carbons (Fsp3) is 0.429. The van der Waals surface area contributed by atoms with Gasteiger partial charge in [0.05, 0.1) is 43.9 Å². The molecule has 42 heavy (non-hydrogen) atoms. The van der Waals surface area contributed by atoms with E-state index in [4.69, 9.17) is 14.2 Å². The Bertz CT molecular complexity index is 1470. The van der Waals surface area contributed by atoms with Gasteiger partial charge in [-0.15, -0.1) is 33.9 Å². The number of hydrogen-bond donors (Lipinski definition) is 2. The molecule has 0 amide bonds. The van der Waals surface area contributed by atoms with Gasteiger partial charge in [-0.1, -0.05) is 24.3 Å². The van der Waals surface area contributed by atoms with Gasteiger partial charge in [0, 0.05) is 36.2 Å². The lowest BCUT2D eigenvalue weighted by molar-refractivity contribution is -0.126. The SMILES string of the molecule is COc1cc(-c2ccc(CN[C@H]3CC[C@H](OC)[C@@H](Nc4ncnc5sc(CC(F)(F)F)cc45)C3)cc2)nnc1OC.Cl. The lowest BCUT2D eigenvalue weighted by Gasteiger charge is -2.36. The van der Waals surface area contributed by atoms with Crippen molar-refractivity contribution in [2.75, 3.05) is 26.6 Å². The molecule has 4 aromatic rings. The van der Waals surface area contributed by atoms with E-state index >= 15 is 0 Å². The molecule has 1 saturated carbocycles. The second-order valence-corrected chi connectivity index (χ2v) is 11.0. The van der Waals surface area contributed by atoms with E-state index in [2.05, 4.69) is 30.8 Å². The molecule has 0 saturated heterocycles. The highest BCUT2D eigenvalue weighted by atomic mass is 35.5. The number of methoxy groups -OCH3 is 3. The second-order valence-electron chi connectivity index (χ2n) is 9.87. The van der Waals surface area contributed by atoms with E-state index in [1.165, 1.54) is 19.5 Å². The van der Waals surface area contributed by atoms with Gasteiger partial charge in [0.1, 0.15) is 17.0 Å². The lowest BCUT2D eigenvalue weighted by Crippen LogP contribution is -2.47. The minimum Gasteiger partial charge on any atom is -0.491 e. The van der Waals surface area contributed by atoms with Crippen molar-refractivity contribution in [2.45, 2.75) is 56.6 Å². The van der Waals surface area contributed by atoms with Gasteiger partial charge in [-0.3, -0.25) is 0 Å². The minimum absolute atomic E-state index is 0. The zero-order chi connectivity index (χ0) is 29.0. The molecule has 1 aromatic carbocycles. The Hall–Kier alpha value is -3.26. The lowest BCUT2D eigenvalue weighted by atomic mass is 9.88. The van der Waals surface area contributed by atoms with E-state index in [9.17, 15) is 13.2 Å². The average molecular weight is 625 g/mol. The van der Waals surface area contributed by atoms with E-state index in [-0.39, 0.29) is 35.5 Å². The highest BCUT2D eigenvalue weighted by Crippen LogP contribution is 2.34. The Morgan fingerprint density at radius 1 is 1.00 bits per heavy atom. The third kappa shape index (κ3) is 7.57. The molecule has 0 aliphatic heterocycles. The van der Waals surface area contributed by atoms with Crippen LogP contribution in [0.15, 0.2) is 42.7 Å². The summed E-state index contributed by atoms with van der Waals surface area (Å²) < 4.78 is 55.1. The van der Waals surface area contributed by atoms with Crippen LogP contribution in [0, 0.1) is 0 Å². The molecule has 9 nitrogen and oxygen atoms in total. The Kier molecular flexibility index (Phi) is 10.4. The molecule has 0 spiro atoms. The maximum atomic E-state index is 12.9. The Balaban J connectivity index is 0.00000405. The molecule has 0 bridgehead atoms. The molecule has 1 fully saturated rings. The summed E-state index contributed by atoms with van der Waals surface area (Å²) in [6.45, 7) is 0.677. The summed E-state index contributed by atoms with van der Waals surface area (Å²) in [5.41, 5.74) is 2.72. The first-order valence-electron chi connectivity index (χ1n) is 13.1. The molecule has 14 heteroatoms. The van der Waals surface area contributed by atoms with E-state index in [1.54, 1.807) is 20.3 Å². The number of anilines is 1. The molecule has 3 atom stereocenters. The van der Waals surface area contributed by atoms with Crippen molar-refractivity contribution in [3.05, 3.63) is 53.2 Å². The van der Waals surface area contributed by atoms with Gasteiger partial charge in [0.15, 0.2) is 5.75 Å². The summed E-state index contributed by atoms with van der Waals surface area (Å²) in [7, 11) is 4.76. The smallest absolute Gasteiger partial charge is 0.393 e. The summed E-state index contributed by atoms with van der Waals surface area (Å²) in [4.78, 5) is 9.28. The number of ether oxygens (including phenoxy) is 3. The molecule has 1 aliphatic carbocycles. The van der Waals surface area contributed by atoms with E-state index in [1.807, 2.05) is 24.3 Å². The second kappa shape index (κ2) is 13.8. The van der Waals surface area contributed by atoms with Crippen molar-refractivity contribution < 1.29 is 27.4 Å². The molecule has 0 radical (unpaired) electrons. The maximum Gasteiger partial charge on any atom is 0.393 e. The summed E-state index contributed by atoms with van der Waals surface area (Å²) >= 11 is 1.04. The Morgan fingerprint density at radius 3 is 2.48 bits per heavy atom. The van der Waals surface area contributed by atoms with Gasteiger partial charge >= 0.3 is 6.18 Å². The highest BCUT2D eigenvalue weighted by molar-refractivity contribution is 7.18. The number of alkyl halides is 3. The molecule has 1 aliphatic rings. The van der Waals surface area contributed by atoms with Gasteiger partial charge in [-0.25, -0.2) is 9.97 Å². The molecule has 0 unspecified atom stereocenters. The maximum absolute atomic E-state index is 12.9.